The third-order valence-electron chi connectivity index (χ3n) is 4.53. The van der Waals surface area contributed by atoms with Crippen LogP contribution in [0.25, 0.3) is 0 Å². The van der Waals surface area contributed by atoms with Gasteiger partial charge in [-0.15, -0.1) is 0 Å². The minimum atomic E-state index is 0.763. The molecule has 7 heteroatoms. The van der Waals surface area contributed by atoms with Crippen LogP contribution in [0.3, 0.4) is 0 Å². The van der Waals surface area contributed by atoms with E-state index in [2.05, 4.69) is 49.1 Å². The van der Waals surface area contributed by atoms with Gasteiger partial charge in [-0.05, 0) is 37.6 Å². The van der Waals surface area contributed by atoms with Gasteiger partial charge in [-0.1, -0.05) is 12.1 Å². The van der Waals surface area contributed by atoms with E-state index in [1.807, 2.05) is 31.2 Å². The quantitative estimate of drug-likeness (QED) is 0.766. The van der Waals surface area contributed by atoms with Crippen molar-refractivity contribution < 1.29 is 0 Å². The van der Waals surface area contributed by atoms with Crippen molar-refractivity contribution in [2.45, 2.75) is 13.8 Å². The van der Waals surface area contributed by atoms with Gasteiger partial charge < -0.3 is 15.1 Å². The smallest absolute Gasteiger partial charge is 0.227 e. The minimum absolute atomic E-state index is 0.763. The molecular formula is C20H23N7. The fourth-order valence-corrected chi connectivity index (χ4v) is 3.19. The van der Waals surface area contributed by atoms with Crippen molar-refractivity contribution in [1.29, 1.82) is 0 Å². The number of benzene rings is 1. The molecule has 1 aliphatic heterocycles. The number of aryl methyl sites for hydroxylation is 2. The topological polar surface area (TPSA) is 70.1 Å². The van der Waals surface area contributed by atoms with Crippen LogP contribution in [-0.4, -0.2) is 46.1 Å². The lowest BCUT2D eigenvalue weighted by Gasteiger charge is -2.34. The normalized spacial score (nSPS) is 14.3. The highest BCUT2D eigenvalue weighted by atomic mass is 15.4. The van der Waals surface area contributed by atoms with Gasteiger partial charge in [0.2, 0.25) is 11.9 Å². The van der Waals surface area contributed by atoms with Crippen molar-refractivity contribution in [3.63, 3.8) is 0 Å². The SMILES string of the molecule is Cc1cccc(Nc2cc(C)nc(N3CCN(c4ncccn4)CC3)n2)c1. The summed E-state index contributed by atoms with van der Waals surface area (Å²) in [5, 5.41) is 3.39. The predicted molar refractivity (Wildman–Crippen MR) is 108 cm³/mol. The van der Waals surface area contributed by atoms with Crippen molar-refractivity contribution in [1.82, 2.24) is 19.9 Å². The first-order valence-corrected chi connectivity index (χ1v) is 9.14. The molecule has 1 aromatic carbocycles. The molecule has 2 aromatic heterocycles. The summed E-state index contributed by atoms with van der Waals surface area (Å²) >= 11 is 0. The van der Waals surface area contributed by atoms with Crippen LogP contribution in [0.15, 0.2) is 48.8 Å². The molecular weight excluding hydrogens is 338 g/mol. The van der Waals surface area contributed by atoms with Gasteiger partial charge in [-0.3, -0.25) is 0 Å². The van der Waals surface area contributed by atoms with Crippen LogP contribution in [0.5, 0.6) is 0 Å². The first-order chi connectivity index (χ1) is 13.2. The van der Waals surface area contributed by atoms with Gasteiger partial charge in [-0.25, -0.2) is 15.0 Å². The van der Waals surface area contributed by atoms with Gasteiger partial charge in [0.15, 0.2) is 0 Å². The largest absolute Gasteiger partial charge is 0.340 e. The average Bonchev–Trinajstić information content (AvgIpc) is 2.68. The average molecular weight is 361 g/mol. The molecule has 3 aromatic rings. The molecule has 0 radical (unpaired) electrons. The number of nitrogens with one attached hydrogen (secondary N) is 1. The third kappa shape index (κ3) is 4.13. The standard InChI is InChI=1S/C20H23N7/c1-15-5-3-6-17(13-15)24-18-14-16(2)23-20(25-18)27-11-9-26(10-12-27)19-21-7-4-8-22-19/h3-8,13-14H,9-12H2,1-2H3,(H,23,24,25). The second kappa shape index (κ2) is 7.57. The fourth-order valence-electron chi connectivity index (χ4n) is 3.19. The van der Waals surface area contributed by atoms with Crippen molar-refractivity contribution in [2.24, 2.45) is 0 Å². The van der Waals surface area contributed by atoms with E-state index in [1.165, 1.54) is 5.56 Å². The second-order valence-electron chi connectivity index (χ2n) is 6.71. The fraction of sp³-hybridized carbons (Fsp3) is 0.300. The number of hydrogen-bond donors (Lipinski definition) is 1. The summed E-state index contributed by atoms with van der Waals surface area (Å²) < 4.78 is 0. The highest BCUT2D eigenvalue weighted by Gasteiger charge is 2.21. The monoisotopic (exact) mass is 361 g/mol. The van der Waals surface area contributed by atoms with E-state index in [4.69, 9.17) is 4.98 Å². The molecule has 27 heavy (non-hydrogen) atoms. The van der Waals surface area contributed by atoms with E-state index in [9.17, 15) is 0 Å². The molecule has 0 aliphatic carbocycles. The summed E-state index contributed by atoms with van der Waals surface area (Å²) in [5.74, 6) is 2.36. The summed E-state index contributed by atoms with van der Waals surface area (Å²) in [4.78, 5) is 22.5. The summed E-state index contributed by atoms with van der Waals surface area (Å²) in [5.41, 5.74) is 3.19. The van der Waals surface area contributed by atoms with Crippen LogP contribution in [0.4, 0.5) is 23.4 Å². The Morgan fingerprint density at radius 3 is 2.22 bits per heavy atom. The number of hydrogen-bond acceptors (Lipinski definition) is 7. The second-order valence-corrected chi connectivity index (χ2v) is 6.71. The van der Waals surface area contributed by atoms with E-state index in [0.717, 1.165) is 55.3 Å². The Kier molecular flexibility index (Phi) is 4.82. The Morgan fingerprint density at radius 2 is 1.52 bits per heavy atom. The summed E-state index contributed by atoms with van der Waals surface area (Å²) in [6.45, 7) is 7.46. The Labute approximate surface area is 159 Å². The lowest BCUT2D eigenvalue weighted by molar-refractivity contribution is 0.627. The maximum Gasteiger partial charge on any atom is 0.227 e. The first-order valence-electron chi connectivity index (χ1n) is 9.14. The van der Waals surface area contributed by atoms with Gasteiger partial charge >= 0.3 is 0 Å². The zero-order valence-electron chi connectivity index (χ0n) is 15.6. The first kappa shape index (κ1) is 17.2. The number of anilines is 4. The zero-order chi connectivity index (χ0) is 18.6. The Hall–Kier alpha value is -3.22. The Bertz CT molecular complexity index is 905. The predicted octanol–water partition coefficient (Wildman–Crippen LogP) is 2.95. The number of piperazine rings is 1. The van der Waals surface area contributed by atoms with Crippen LogP contribution in [0.2, 0.25) is 0 Å². The molecule has 4 rings (SSSR count). The molecule has 3 heterocycles. The maximum atomic E-state index is 4.73. The van der Waals surface area contributed by atoms with Gasteiger partial charge in [0, 0.05) is 56.0 Å². The van der Waals surface area contributed by atoms with Gasteiger partial charge in [0.25, 0.3) is 0 Å². The van der Waals surface area contributed by atoms with E-state index < -0.39 is 0 Å². The summed E-state index contributed by atoms with van der Waals surface area (Å²) in [6, 6.07) is 12.1. The highest BCUT2D eigenvalue weighted by molar-refractivity contribution is 5.58. The Morgan fingerprint density at radius 1 is 0.815 bits per heavy atom. The third-order valence-corrected chi connectivity index (χ3v) is 4.53. The molecule has 0 spiro atoms. The van der Waals surface area contributed by atoms with E-state index in [1.54, 1.807) is 12.4 Å². The number of nitrogens with zero attached hydrogens (tertiary/aromatic N) is 6. The molecule has 0 unspecified atom stereocenters. The molecule has 1 N–H and O–H groups in total. The van der Waals surface area contributed by atoms with Gasteiger partial charge in [0.1, 0.15) is 5.82 Å². The lowest BCUT2D eigenvalue weighted by atomic mass is 10.2. The van der Waals surface area contributed by atoms with Crippen molar-refractivity contribution in [3.8, 4) is 0 Å². The zero-order valence-corrected chi connectivity index (χ0v) is 15.6. The van der Waals surface area contributed by atoms with E-state index in [0.29, 0.717) is 0 Å². The van der Waals surface area contributed by atoms with Crippen LogP contribution in [0, 0.1) is 13.8 Å². The van der Waals surface area contributed by atoms with Crippen molar-refractivity contribution >= 4 is 23.4 Å². The lowest BCUT2D eigenvalue weighted by Crippen LogP contribution is -2.47. The molecule has 1 aliphatic rings. The molecule has 7 nitrogen and oxygen atoms in total. The van der Waals surface area contributed by atoms with E-state index in [-0.39, 0.29) is 0 Å². The summed E-state index contributed by atoms with van der Waals surface area (Å²) in [6.07, 6.45) is 3.56. The molecule has 0 bridgehead atoms. The number of rotatable bonds is 4. The molecule has 138 valence electrons. The van der Waals surface area contributed by atoms with Crippen molar-refractivity contribution in [2.75, 3.05) is 41.3 Å². The van der Waals surface area contributed by atoms with Crippen molar-refractivity contribution in [3.05, 3.63) is 60.0 Å². The number of aromatic nitrogens is 4. The molecule has 0 atom stereocenters. The molecule has 1 fully saturated rings. The summed E-state index contributed by atoms with van der Waals surface area (Å²) in [7, 11) is 0. The Balaban J connectivity index is 1.47. The van der Waals surface area contributed by atoms with Gasteiger partial charge in [0.05, 0.1) is 0 Å². The molecule has 0 saturated carbocycles. The highest BCUT2D eigenvalue weighted by Crippen LogP contribution is 2.20. The minimum Gasteiger partial charge on any atom is -0.340 e. The van der Waals surface area contributed by atoms with Crippen LogP contribution >= 0.6 is 0 Å². The van der Waals surface area contributed by atoms with E-state index >= 15 is 0 Å². The molecule has 1 saturated heterocycles. The molecule has 0 amide bonds. The maximum absolute atomic E-state index is 4.73. The van der Waals surface area contributed by atoms with Crippen LogP contribution in [0.1, 0.15) is 11.3 Å². The van der Waals surface area contributed by atoms with Crippen LogP contribution in [-0.2, 0) is 0 Å². The van der Waals surface area contributed by atoms with Gasteiger partial charge in [-0.2, -0.15) is 4.98 Å². The van der Waals surface area contributed by atoms with Crippen LogP contribution < -0.4 is 15.1 Å².